The van der Waals surface area contributed by atoms with Crippen molar-refractivity contribution in [3.63, 3.8) is 0 Å². The molecule has 21 heavy (non-hydrogen) atoms. The minimum absolute atomic E-state index is 0.353. The molecule has 0 bridgehead atoms. The molecule has 0 fully saturated rings. The lowest BCUT2D eigenvalue weighted by atomic mass is 9.84. The zero-order valence-electron chi connectivity index (χ0n) is 14.2. The molecule has 1 heterocycles. The number of nitrogens with zero attached hydrogens (tertiary/aromatic N) is 1. The number of hydrogen-bond donors (Lipinski definition) is 1. The second-order valence-electron chi connectivity index (χ2n) is 7.02. The van der Waals surface area contributed by atoms with E-state index in [-0.39, 0.29) is 0 Å². The van der Waals surface area contributed by atoms with E-state index >= 15 is 0 Å². The highest BCUT2D eigenvalue weighted by Gasteiger charge is 2.25. The van der Waals surface area contributed by atoms with Crippen LogP contribution in [0.25, 0.3) is 0 Å². The first-order valence-electron chi connectivity index (χ1n) is 7.97. The number of nitrogens with one attached hydrogen (secondary N) is 1. The third-order valence-electron chi connectivity index (χ3n) is 3.68. The van der Waals surface area contributed by atoms with Crippen LogP contribution in [-0.2, 0) is 6.54 Å². The average Bonchev–Trinajstić information content (AvgIpc) is 2.73. The Bertz CT molecular complexity index is 405. The lowest BCUT2D eigenvalue weighted by Gasteiger charge is -2.34. The van der Waals surface area contributed by atoms with Gasteiger partial charge in [-0.15, -0.1) is 11.3 Å². The number of rotatable bonds is 10. The summed E-state index contributed by atoms with van der Waals surface area (Å²) in [5.41, 5.74) is 1.76. The minimum Gasteiger partial charge on any atom is -0.316 e. The van der Waals surface area contributed by atoms with Gasteiger partial charge in [0.2, 0.25) is 0 Å². The van der Waals surface area contributed by atoms with Crippen molar-refractivity contribution in [1.82, 2.24) is 10.2 Å². The van der Waals surface area contributed by atoms with Gasteiger partial charge in [0.15, 0.2) is 0 Å². The number of thiophene rings is 1. The summed E-state index contributed by atoms with van der Waals surface area (Å²) in [6.45, 7) is 13.6. The minimum atomic E-state index is 0.353. The van der Waals surface area contributed by atoms with Crippen LogP contribution in [0.1, 0.15) is 46.1 Å². The van der Waals surface area contributed by atoms with Crippen LogP contribution in [0.3, 0.4) is 0 Å². The average molecular weight is 375 g/mol. The first-order valence-corrected chi connectivity index (χ1v) is 9.64. The van der Waals surface area contributed by atoms with Gasteiger partial charge in [0.05, 0.1) is 3.79 Å². The smallest absolute Gasteiger partial charge is 0.0701 e. The quantitative estimate of drug-likeness (QED) is 0.619. The molecular formula is C17H31BrN2S. The van der Waals surface area contributed by atoms with Gasteiger partial charge in [0.25, 0.3) is 0 Å². The summed E-state index contributed by atoms with van der Waals surface area (Å²) in [4.78, 5) is 2.46. The van der Waals surface area contributed by atoms with Crippen molar-refractivity contribution in [3.8, 4) is 0 Å². The SMILES string of the molecule is CCCC(C)(CNCC(C)C)CN(C)Cc1csc(Br)c1. The molecule has 0 aliphatic carbocycles. The van der Waals surface area contributed by atoms with Crippen LogP contribution >= 0.6 is 27.3 Å². The molecule has 0 spiro atoms. The van der Waals surface area contributed by atoms with Crippen molar-refractivity contribution in [3.05, 3.63) is 20.8 Å². The van der Waals surface area contributed by atoms with Crippen molar-refractivity contribution < 1.29 is 0 Å². The first-order chi connectivity index (χ1) is 9.84. The van der Waals surface area contributed by atoms with Gasteiger partial charge in [0, 0.05) is 19.6 Å². The maximum Gasteiger partial charge on any atom is 0.0701 e. The van der Waals surface area contributed by atoms with Gasteiger partial charge in [-0.2, -0.15) is 0 Å². The van der Waals surface area contributed by atoms with Crippen molar-refractivity contribution in [2.75, 3.05) is 26.7 Å². The fraction of sp³-hybridized carbons (Fsp3) is 0.765. The zero-order chi connectivity index (χ0) is 15.9. The van der Waals surface area contributed by atoms with E-state index in [0.717, 1.165) is 32.1 Å². The standard InChI is InChI=1S/C17H31BrN2S/c1-6-7-17(4,12-19-9-14(2)3)13-20(5)10-15-8-16(18)21-11-15/h8,11,14,19H,6-7,9-10,12-13H2,1-5H3. The Hall–Kier alpha value is 0.100. The molecule has 1 unspecified atom stereocenters. The maximum atomic E-state index is 3.65. The van der Waals surface area contributed by atoms with Gasteiger partial charge < -0.3 is 10.2 Å². The second kappa shape index (κ2) is 9.29. The van der Waals surface area contributed by atoms with Gasteiger partial charge in [0.1, 0.15) is 0 Å². The first kappa shape index (κ1) is 19.1. The van der Waals surface area contributed by atoms with Crippen LogP contribution in [-0.4, -0.2) is 31.6 Å². The van der Waals surface area contributed by atoms with Gasteiger partial charge in [-0.25, -0.2) is 0 Å². The van der Waals surface area contributed by atoms with E-state index in [1.807, 2.05) is 0 Å². The number of hydrogen-bond acceptors (Lipinski definition) is 3. The van der Waals surface area contributed by atoms with Crippen LogP contribution < -0.4 is 5.32 Å². The topological polar surface area (TPSA) is 15.3 Å². The molecule has 0 aliphatic rings. The van der Waals surface area contributed by atoms with Crippen LogP contribution in [0, 0.1) is 11.3 Å². The zero-order valence-corrected chi connectivity index (χ0v) is 16.6. The molecule has 0 aromatic carbocycles. The highest BCUT2D eigenvalue weighted by Crippen LogP contribution is 2.26. The Labute approximate surface area is 143 Å². The molecule has 4 heteroatoms. The molecule has 1 N–H and O–H groups in total. The van der Waals surface area contributed by atoms with E-state index in [0.29, 0.717) is 5.41 Å². The van der Waals surface area contributed by atoms with Crippen LogP contribution in [0.4, 0.5) is 0 Å². The lowest BCUT2D eigenvalue weighted by Crippen LogP contribution is -2.41. The van der Waals surface area contributed by atoms with E-state index in [2.05, 4.69) is 72.3 Å². The van der Waals surface area contributed by atoms with E-state index in [4.69, 9.17) is 0 Å². The highest BCUT2D eigenvalue weighted by molar-refractivity contribution is 9.11. The number of halogens is 1. The molecule has 1 aromatic rings. The van der Waals surface area contributed by atoms with Crippen LogP contribution in [0.15, 0.2) is 15.2 Å². The van der Waals surface area contributed by atoms with Crippen molar-refractivity contribution >= 4 is 27.3 Å². The Morgan fingerprint density at radius 2 is 2.14 bits per heavy atom. The predicted molar refractivity (Wildman–Crippen MR) is 99.1 cm³/mol. The van der Waals surface area contributed by atoms with Crippen molar-refractivity contribution in [2.45, 2.75) is 47.1 Å². The fourth-order valence-corrected chi connectivity index (χ4v) is 4.14. The van der Waals surface area contributed by atoms with Gasteiger partial charge in [-0.05, 0) is 64.3 Å². The fourth-order valence-electron chi connectivity index (χ4n) is 2.94. The summed E-state index contributed by atoms with van der Waals surface area (Å²) in [5.74, 6) is 0.719. The summed E-state index contributed by atoms with van der Waals surface area (Å²) in [7, 11) is 2.24. The van der Waals surface area contributed by atoms with Crippen molar-refractivity contribution in [1.29, 1.82) is 0 Å². The highest BCUT2D eigenvalue weighted by atomic mass is 79.9. The summed E-state index contributed by atoms with van der Waals surface area (Å²) >= 11 is 5.32. The van der Waals surface area contributed by atoms with Crippen LogP contribution in [0.5, 0.6) is 0 Å². The Morgan fingerprint density at radius 1 is 1.43 bits per heavy atom. The third-order valence-corrected chi connectivity index (χ3v) is 5.24. The second-order valence-corrected chi connectivity index (χ2v) is 9.31. The molecule has 0 saturated carbocycles. The lowest BCUT2D eigenvalue weighted by molar-refractivity contribution is 0.167. The molecule has 1 rings (SSSR count). The maximum absolute atomic E-state index is 3.65. The normalized spacial score (nSPS) is 14.9. The largest absolute Gasteiger partial charge is 0.316 e. The van der Waals surface area contributed by atoms with Gasteiger partial charge in [-0.1, -0.05) is 34.1 Å². The molecule has 1 atom stereocenters. The monoisotopic (exact) mass is 374 g/mol. The van der Waals surface area contributed by atoms with E-state index < -0.39 is 0 Å². The Morgan fingerprint density at radius 3 is 2.67 bits per heavy atom. The molecule has 122 valence electrons. The van der Waals surface area contributed by atoms with Crippen molar-refractivity contribution in [2.24, 2.45) is 11.3 Å². The summed E-state index contributed by atoms with van der Waals surface area (Å²) < 4.78 is 1.22. The molecular weight excluding hydrogens is 344 g/mol. The predicted octanol–water partition coefficient (Wildman–Crippen LogP) is 4.99. The molecule has 0 saturated heterocycles. The van der Waals surface area contributed by atoms with Gasteiger partial charge in [-0.3, -0.25) is 0 Å². The molecule has 0 aliphatic heterocycles. The Balaban J connectivity index is 2.50. The molecule has 0 radical (unpaired) electrons. The summed E-state index contributed by atoms with van der Waals surface area (Å²) in [6.07, 6.45) is 2.52. The molecule has 0 amide bonds. The molecule has 2 nitrogen and oxygen atoms in total. The Kier molecular flexibility index (Phi) is 8.47. The summed E-state index contributed by atoms with van der Waals surface area (Å²) in [6, 6.07) is 2.23. The summed E-state index contributed by atoms with van der Waals surface area (Å²) in [5, 5.41) is 5.90. The molecule has 1 aromatic heterocycles. The van der Waals surface area contributed by atoms with Gasteiger partial charge >= 0.3 is 0 Å². The van der Waals surface area contributed by atoms with E-state index in [1.165, 1.54) is 22.2 Å². The third kappa shape index (κ3) is 7.78. The van der Waals surface area contributed by atoms with E-state index in [9.17, 15) is 0 Å². The van der Waals surface area contributed by atoms with Crippen LogP contribution in [0.2, 0.25) is 0 Å². The van der Waals surface area contributed by atoms with E-state index in [1.54, 1.807) is 11.3 Å².